The maximum absolute atomic E-state index is 12.2. The van der Waals surface area contributed by atoms with Crippen molar-refractivity contribution < 1.29 is 14.4 Å². The summed E-state index contributed by atoms with van der Waals surface area (Å²) in [7, 11) is 0. The first-order chi connectivity index (χ1) is 15.4. The van der Waals surface area contributed by atoms with Crippen molar-refractivity contribution in [1.29, 1.82) is 0 Å². The maximum atomic E-state index is 12.2. The van der Waals surface area contributed by atoms with Gasteiger partial charge in [-0.3, -0.25) is 29.5 Å². The number of nitrogens with zero attached hydrogens (tertiary/aromatic N) is 4. The molecule has 4 fully saturated rings. The summed E-state index contributed by atoms with van der Waals surface area (Å²) in [5.74, 6) is 0.751. The van der Waals surface area contributed by atoms with Crippen LogP contribution in [-0.4, -0.2) is 84.4 Å². The Morgan fingerprint density at radius 3 is 2.47 bits per heavy atom. The van der Waals surface area contributed by atoms with Crippen LogP contribution in [0.5, 0.6) is 0 Å². The Labute approximate surface area is 193 Å². The molecule has 4 aliphatic heterocycles. The van der Waals surface area contributed by atoms with Crippen molar-refractivity contribution >= 4 is 35.0 Å². The zero-order valence-electron chi connectivity index (χ0n) is 18.4. The number of halogens is 1. The molecule has 0 bridgehead atoms. The molecule has 1 N–H and O–H groups in total. The maximum Gasteiger partial charge on any atom is 0.231 e. The average molecular weight is 460 g/mol. The van der Waals surface area contributed by atoms with Crippen LogP contribution >= 0.6 is 11.6 Å². The van der Waals surface area contributed by atoms with Crippen molar-refractivity contribution in [3.63, 3.8) is 0 Å². The number of hydrogen-bond acceptors (Lipinski definition) is 6. The highest BCUT2D eigenvalue weighted by molar-refractivity contribution is 6.31. The van der Waals surface area contributed by atoms with Gasteiger partial charge in [-0.15, -0.1) is 0 Å². The Hall–Kier alpha value is -2.16. The Balaban J connectivity index is 1.21. The summed E-state index contributed by atoms with van der Waals surface area (Å²) in [6.45, 7) is 8.11. The van der Waals surface area contributed by atoms with E-state index in [9.17, 15) is 14.4 Å². The number of carbonyl (C=O) groups is 3. The summed E-state index contributed by atoms with van der Waals surface area (Å²) in [5.41, 5.74) is 2.19. The van der Waals surface area contributed by atoms with Gasteiger partial charge in [0.05, 0.1) is 6.17 Å². The minimum atomic E-state index is -0.168. The molecule has 1 aromatic carbocycles. The van der Waals surface area contributed by atoms with Crippen LogP contribution in [0.15, 0.2) is 18.2 Å². The molecule has 9 heteroatoms. The fourth-order valence-electron chi connectivity index (χ4n) is 5.68. The number of nitrogens with one attached hydrogen (secondary N) is 1. The minimum absolute atomic E-state index is 0.0469. The molecule has 8 nitrogen and oxygen atoms in total. The molecule has 3 atom stereocenters. The molecule has 0 saturated carbocycles. The third-order valence-electron chi connectivity index (χ3n) is 7.45. The molecule has 5 rings (SSSR count). The van der Waals surface area contributed by atoms with Crippen LogP contribution in [0.4, 0.5) is 5.69 Å². The highest BCUT2D eigenvalue weighted by atomic mass is 35.5. The standard InChI is InChI=1S/C23H30ClN5O3/c1-15(30)27-6-8-28(9-7-27)18-3-2-16(20(24)10-18)12-26-13-17-11-25-23(19(17)14-26)29-21(31)4-5-22(29)32/h2-3,10,17,19,23,25H,4-9,11-14H2,1H3. The van der Waals surface area contributed by atoms with Gasteiger partial charge < -0.3 is 9.80 Å². The number of carbonyl (C=O) groups excluding carboxylic acids is 3. The van der Waals surface area contributed by atoms with Gasteiger partial charge in [0.15, 0.2) is 0 Å². The quantitative estimate of drug-likeness (QED) is 0.680. The molecule has 32 heavy (non-hydrogen) atoms. The van der Waals surface area contributed by atoms with Crippen molar-refractivity contribution in [2.45, 2.75) is 32.5 Å². The van der Waals surface area contributed by atoms with E-state index in [4.69, 9.17) is 11.6 Å². The molecule has 1 aromatic rings. The zero-order chi connectivity index (χ0) is 22.4. The summed E-state index contributed by atoms with van der Waals surface area (Å²) >= 11 is 6.67. The number of piperazine rings is 1. The number of hydrogen-bond donors (Lipinski definition) is 1. The predicted molar refractivity (Wildman–Crippen MR) is 121 cm³/mol. The zero-order valence-corrected chi connectivity index (χ0v) is 19.2. The number of likely N-dealkylation sites (tertiary alicyclic amines) is 2. The van der Waals surface area contributed by atoms with Gasteiger partial charge in [-0.1, -0.05) is 17.7 Å². The SMILES string of the molecule is CC(=O)N1CCN(c2ccc(CN3CC4CNC(N5C(=O)CCC5=O)C4C3)c(Cl)c2)CC1. The third-order valence-corrected chi connectivity index (χ3v) is 7.80. The largest absolute Gasteiger partial charge is 0.368 e. The summed E-state index contributed by atoms with van der Waals surface area (Å²) in [6, 6.07) is 6.25. The highest BCUT2D eigenvalue weighted by Crippen LogP contribution is 2.36. The highest BCUT2D eigenvalue weighted by Gasteiger charge is 2.48. The van der Waals surface area contributed by atoms with Gasteiger partial charge in [0.25, 0.3) is 0 Å². The molecule has 4 aliphatic rings. The van der Waals surface area contributed by atoms with E-state index in [1.807, 2.05) is 11.0 Å². The van der Waals surface area contributed by atoms with Crippen LogP contribution < -0.4 is 10.2 Å². The molecule has 3 unspecified atom stereocenters. The van der Waals surface area contributed by atoms with Gasteiger partial charge in [0.1, 0.15) is 0 Å². The molecule has 4 saturated heterocycles. The third kappa shape index (κ3) is 4.00. The van der Waals surface area contributed by atoms with Crippen LogP contribution in [-0.2, 0) is 20.9 Å². The number of amides is 3. The molecule has 0 radical (unpaired) electrons. The second-order valence-electron chi connectivity index (χ2n) is 9.40. The van der Waals surface area contributed by atoms with Gasteiger partial charge >= 0.3 is 0 Å². The summed E-state index contributed by atoms with van der Waals surface area (Å²) < 4.78 is 0. The molecule has 172 valence electrons. The van der Waals surface area contributed by atoms with Crippen molar-refractivity contribution in [3.05, 3.63) is 28.8 Å². The van der Waals surface area contributed by atoms with E-state index in [0.717, 1.165) is 68.6 Å². The van der Waals surface area contributed by atoms with E-state index in [0.29, 0.717) is 18.8 Å². The first-order valence-corrected chi connectivity index (χ1v) is 11.9. The number of benzene rings is 1. The number of anilines is 1. The fraction of sp³-hybridized carbons (Fsp3) is 0.609. The lowest BCUT2D eigenvalue weighted by atomic mass is 9.97. The van der Waals surface area contributed by atoms with E-state index in [2.05, 4.69) is 27.2 Å². The first-order valence-electron chi connectivity index (χ1n) is 11.5. The van der Waals surface area contributed by atoms with Gasteiger partial charge in [-0.25, -0.2) is 0 Å². The van der Waals surface area contributed by atoms with Crippen LogP contribution in [0.1, 0.15) is 25.3 Å². The molecule has 0 aromatic heterocycles. The van der Waals surface area contributed by atoms with Crippen molar-refractivity contribution in [1.82, 2.24) is 20.0 Å². The molecule has 3 amide bonds. The van der Waals surface area contributed by atoms with E-state index in [1.54, 1.807) is 6.92 Å². The Morgan fingerprint density at radius 1 is 1.09 bits per heavy atom. The lowest BCUT2D eigenvalue weighted by Crippen LogP contribution is -2.49. The van der Waals surface area contributed by atoms with E-state index in [1.165, 1.54) is 4.90 Å². The van der Waals surface area contributed by atoms with Crippen LogP contribution in [0, 0.1) is 11.8 Å². The van der Waals surface area contributed by atoms with E-state index in [-0.39, 0.29) is 29.8 Å². The molecule has 0 spiro atoms. The Bertz CT molecular complexity index is 916. The number of rotatable bonds is 4. The first kappa shape index (κ1) is 21.7. The topological polar surface area (TPSA) is 76.2 Å². The number of fused-ring (bicyclic) bond motifs is 1. The fourth-order valence-corrected chi connectivity index (χ4v) is 5.92. The Morgan fingerprint density at radius 2 is 1.81 bits per heavy atom. The van der Waals surface area contributed by atoms with Gasteiger partial charge in [0, 0.05) is 88.8 Å². The van der Waals surface area contributed by atoms with Crippen molar-refractivity contribution in [2.75, 3.05) is 50.7 Å². The molecular formula is C23H30ClN5O3. The molecule has 4 heterocycles. The van der Waals surface area contributed by atoms with Gasteiger partial charge in [-0.05, 0) is 23.6 Å². The van der Waals surface area contributed by atoms with Crippen LogP contribution in [0.3, 0.4) is 0 Å². The predicted octanol–water partition coefficient (Wildman–Crippen LogP) is 1.13. The summed E-state index contributed by atoms with van der Waals surface area (Å²) in [5, 5.41) is 4.17. The van der Waals surface area contributed by atoms with Gasteiger partial charge in [0.2, 0.25) is 17.7 Å². The molecule has 0 aliphatic carbocycles. The Kier molecular flexibility index (Phi) is 5.86. The molecular weight excluding hydrogens is 430 g/mol. The minimum Gasteiger partial charge on any atom is -0.368 e. The lowest BCUT2D eigenvalue weighted by molar-refractivity contribution is -0.142. The lowest BCUT2D eigenvalue weighted by Gasteiger charge is -2.35. The van der Waals surface area contributed by atoms with Crippen molar-refractivity contribution in [2.24, 2.45) is 11.8 Å². The van der Waals surface area contributed by atoms with E-state index >= 15 is 0 Å². The second kappa shape index (κ2) is 8.65. The smallest absolute Gasteiger partial charge is 0.231 e. The van der Waals surface area contributed by atoms with E-state index < -0.39 is 0 Å². The average Bonchev–Trinajstić information content (AvgIpc) is 3.44. The second-order valence-corrected chi connectivity index (χ2v) is 9.80. The monoisotopic (exact) mass is 459 g/mol. The summed E-state index contributed by atoms with van der Waals surface area (Å²) in [6.07, 6.45) is 0.507. The normalized spacial score (nSPS) is 28.7. The van der Waals surface area contributed by atoms with Crippen LogP contribution in [0.25, 0.3) is 0 Å². The van der Waals surface area contributed by atoms with Gasteiger partial charge in [-0.2, -0.15) is 0 Å². The summed E-state index contributed by atoms with van der Waals surface area (Å²) in [4.78, 5) is 44.0. The van der Waals surface area contributed by atoms with Crippen molar-refractivity contribution in [3.8, 4) is 0 Å². The number of imide groups is 1. The van der Waals surface area contributed by atoms with Crippen LogP contribution in [0.2, 0.25) is 5.02 Å².